The number of carbonyl (C=O) groups is 2. The highest BCUT2D eigenvalue weighted by Gasteiger charge is 2.40. The van der Waals surface area contributed by atoms with Crippen molar-refractivity contribution < 1.29 is 19.4 Å². The molecule has 0 aliphatic carbocycles. The number of carbonyl (C=O) groups excluding carboxylic acids is 1. The molecule has 1 amide bonds. The van der Waals surface area contributed by atoms with Gasteiger partial charge in [-0.2, -0.15) is 0 Å². The molecule has 0 rings (SSSR count). The molecule has 0 aromatic carbocycles. The van der Waals surface area contributed by atoms with Gasteiger partial charge in [0, 0.05) is 5.92 Å². The molecule has 0 radical (unpaired) electrons. The summed E-state index contributed by atoms with van der Waals surface area (Å²) in [7, 11) is 0. The maximum Gasteiger partial charge on any atom is 0.408 e. The van der Waals surface area contributed by atoms with E-state index in [9.17, 15) is 9.59 Å². The Balaban J connectivity index is 4.85. The Bertz CT molecular complexity index is 319. The molecule has 0 aliphatic heterocycles. The third-order valence-corrected chi connectivity index (χ3v) is 2.47. The molecule has 0 spiro atoms. The van der Waals surface area contributed by atoms with E-state index in [1.54, 1.807) is 27.7 Å². The SMILES string of the molecule is C=C[C@H](C)[C@@](C)(NC(=O)OC(C)(C)C)C(=O)O. The second-order valence-corrected chi connectivity index (χ2v) is 5.16. The first kappa shape index (κ1) is 15.5. The predicted molar refractivity (Wildman–Crippen MR) is 64.8 cm³/mol. The molecular weight excluding hydrogens is 222 g/mol. The summed E-state index contributed by atoms with van der Waals surface area (Å²) in [4.78, 5) is 22.8. The molecule has 0 aliphatic rings. The Kier molecular flexibility index (Phi) is 4.74. The van der Waals surface area contributed by atoms with E-state index in [0.717, 1.165) is 0 Å². The van der Waals surface area contributed by atoms with Crippen molar-refractivity contribution >= 4 is 12.1 Å². The number of ether oxygens (including phenoxy) is 1. The number of hydrogen-bond acceptors (Lipinski definition) is 3. The van der Waals surface area contributed by atoms with E-state index in [0.29, 0.717) is 0 Å². The van der Waals surface area contributed by atoms with Crippen LogP contribution < -0.4 is 5.32 Å². The van der Waals surface area contributed by atoms with Crippen molar-refractivity contribution in [2.24, 2.45) is 5.92 Å². The van der Waals surface area contributed by atoms with Crippen molar-refractivity contribution in [1.82, 2.24) is 5.32 Å². The van der Waals surface area contributed by atoms with Crippen molar-refractivity contribution in [3.05, 3.63) is 12.7 Å². The van der Waals surface area contributed by atoms with Crippen LogP contribution in [0, 0.1) is 5.92 Å². The summed E-state index contributed by atoms with van der Waals surface area (Å²) in [6, 6.07) is 0. The van der Waals surface area contributed by atoms with Gasteiger partial charge in [-0.3, -0.25) is 0 Å². The highest BCUT2D eigenvalue weighted by molar-refractivity contribution is 5.84. The van der Waals surface area contributed by atoms with Crippen LogP contribution in [0.4, 0.5) is 4.79 Å². The molecule has 2 atom stereocenters. The minimum absolute atomic E-state index is 0.424. The summed E-state index contributed by atoms with van der Waals surface area (Å²) in [5, 5.41) is 11.5. The summed E-state index contributed by atoms with van der Waals surface area (Å²) >= 11 is 0. The summed E-state index contributed by atoms with van der Waals surface area (Å²) in [5.41, 5.74) is -2.09. The fourth-order valence-corrected chi connectivity index (χ4v) is 1.11. The Hall–Kier alpha value is -1.52. The Labute approximate surface area is 102 Å². The van der Waals surface area contributed by atoms with Crippen LogP contribution in [0.1, 0.15) is 34.6 Å². The minimum Gasteiger partial charge on any atom is -0.479 e. The second kappa shape index (κ2) is 5.21. The average molecular weight is 243 g/mol. The minimum atomic E-state index is -1.43. The Morgan fingerprint density at radius 2 is 1.82 bits per heavy atom. The van der Waals surface area contributed by atoms with Crippen LogP contribution >= 0.6 is 0 Å². The lowest BCUT2D eigenvalue weighted by Gasteiger charge is -2.31. The van der Waals surface area contributed by atoms with Crippen LogP contribution in [-0.4, -0.2) is 28.3 Å². The fraction of sp³-hybridized carbons (Fsp3) is 0.667. The predicted octanol–water partition coefficient (Wildman–Crippen LogP) is 2.18. The van der Waals surface area contributed by atoms with Crippen LogP contribution in [0.15, 0.2) is 12.7 Å². The van der Waals surface area contributed by atoms with Gasteiger partial charge in [-0.1, -0.05) is 13.0 Å². The zero-order chi connectivity index (χ0) is 13.9. The van der Waals surface area contributed by atoms with E-state index < -0.39 is 29.1 Å². The molecule has 0 bridgehead atoms. The van der Waals surface area contributed by atoms with Crippen LogP contribution in [0.3, 0.4) is 0 Å². The average Bonchev–Trinajstić information content (AvgIpc) is 2.12. The van der Waals surface area contributed by atoms with Gasteiger partial charge < -0.3 is 15.2 Å². The van der Waals surface area contributed by atoms with Gasteiger partial charge in [-0.25, -0.2) is 9.59 Å². The first-order valence-electron chi connectivity index (χ1n) is 5.40. The van der Waals surface area contributed by atoms with Gasteiger partial charge >= 0.3 is 12.1 Å². The van der Waals surface area contributed by atoms with Gasteiger partial charge in [0.25, 0.3) is 0 Å². The van der Waals surface area contributed by atoms with E-state index in [1.807, 2.05) is 0 Å². The van der Waals surface area contributed by atoms with Crippen molar-refractivity contribution in [2.75, 3.05) is 0 Å². The lowest BCUT2D eigenvalue weighted by Crippen LogP contribution is -2.57. The topological polar surface area (TPSA) is 75.6 Å². The molecule has 0 heterocycles. The summed E-state index contributed by atoms with van der Waals surface area (Å²) in [5.74, 6) is -1.55. The van der Waals surface area contributed by atoms with E-state index >= 15 is 0 Å². The molecule has 0 saturated heterocycles. The number of aliphatic carboxylic acids is 1. The largest absolute Gasteiger partial charge is 0.479 e. The molecule has 0 unspecified atom stereocenters. The Morgan fingerprint density at radius 3 is 2.12 bits per heavy atom. The summed E-state index contributed by atoms with van der Waals surface area (Å²) in [6.45, 7) is 11.8. The van der Waals surface area contributed by atoms with E-state index in [4.69, 9.17) is 9.84 Å². The number of nitrogens with one attached hydrogen (secondary N) is 1. The number of carboxylic acids is 1. The van der Waals surface area contributed by atoms with Crippen molar-refractivity contribution in [1.29, 1.82) is 0 Å². The Morgan fingerprint density at radius 1 is 1.35 bits per heavy atom. The molecular formula is C12H21NO4. The quantitative estimate of drug-likeness (QED) is 0.742. The standard InChI is InChI=1S/C12H21NO4/c1-7-8(2)12(6,9(14)15)13-10(16)17-11(3,4)5/h7-8H,1H2,2-6H3,(H,13,16)(H,14,15)/t8-,12+/m0/s1. The van der Waals surface area contributed by atoms with Crippen LogP contribution in [0.5, 0.6) is 0 Å². The lowest BCUT2D eigenvalue weighted by molar-refractivity contribution is -0.145. The van der Waals surface area contributed by atoms with Gasteiger partial charge in [-0.05, 0) is 27.7 Å². The monoisotopic (exact) mass is 243 g/mol. The normalized spacial score (nSPS) is 16.5. The van der Waals surface area contributed by atoms with Crippen LogP contribution in [0.25, 0.3) is 0 Å². The first-order chi connectivity index (χ1) is 7.53. The number of rotatable bonds is 4. The maximum absolute atomic E-state index is 11.6. The first-order valence-corrected chi connectivity index (χ1v) is 5.40. The number of carboxylic acid groups (broad SMARTS) is 1. The molecule has 0 aromatic rings. The molecule has 17 heavy (non-hydrogen) atoms. The maximum atomic E-state index is 11.6. The fourth-order valence-electron chi connectivity index (χ4n) is 1.11. The highest BCUT2D eigenvalue weighted by Crippen LogP contribution is 2.19. The second-order valence-electron chi connectivity index (χ2n) is 5.16. The molecule has 5 nitrogen and oxygen atoms in total. The molecule has 2 N–H and O–H groups in total. The smallest absolute Gasteiger partial charge is 0.408 e. The third-order valence-electron chi connectivity index (χ3n) is 2.47. The van der Waals surface area contributed by atoms with E-state index in [-0.39, 0.29) is 0 Å². The molecule has 0 fully saturated rings. The van der Waals surface area contributed by atoms with Crippen LogP contribution in [-0.2, 0) is 9.53 Å². The van der Waals surface area contributed by atoms with Crippen molar-refractivity contribution in [2.45, 2.75) is 45.8 Å². The van der Waals surface area contributed by atoms with Gasteiger partial charge in [0.05, 0.1) is 0 Å². The van der Waals surface area contributed by atoms with E-state index in [2.05, 4.69) is 11.9 Å². The molecule has 98 valence electrons. The van der Waals surface area contributed by atoms with Crippen LogP contribution in [0.2, 0.25) is 0 Å². The molecule has 5 heteroatoms. The van der Waals surface area contributed by atoms with E-state index in [1.165, 1.54) is 13.0 Å². The molecule has 0 aromatic heterocycles. The lowest BCUT2D eigenvalue weighted by atomic mass is 9.87. The highest BCUT2D eigenvalue weighted by atomic mass is 16.6. The van der Waals surface area contributed by atoms with Gasteiger partial charge in [0.1, 0.15) is 11.1 Å². The van der Waals surface area contributed by atoms with Gasteiger partial charge in [0.15, 0.2) is 0 Å². The number of amides is 1. The zero-order valence-electron chi connectivity index (χ0n) is 11.0. The van der Waals surface area contributed by atoms with Gasteiger partial charge in [0.2, 0.25) is 0 Å². The van der Waals surface area contributed by atoms with Gasteiger partial charge in [-0.15, -0.1) is 6.58 Å². The number of hydrogen-bond donors (Lipinski definition) is 2. The zero-order valence-corrected chi connectivity index (χ0v) is 11.0. The summed E-state index contributed by atoms with van der Waals surface area (Å²) < 4.78 is 5.03. The third kappa shape index (κ3) is 4.46. The van der Waals surface area contributed by atoms with Crippen molar-refractivity contribution in [3.8, 4) is 0 Å². The van der Waals surface area contributed by atoms with Crippen molar-refractivity contribution in [3.63, 3.8) is 0 Å². The number of alkyl carbamates (subject to hydrolysis) is 1. The summed E-state index contributed by atoms with van der Waals surface area (Å²) in [6.07, 6.45) is 0.724. The molecule has 0 saturated carbocycles.